The fraction of sp³-hybridized carbons (Fsp3) is 0.263. The van der Waals surface area contributed by atoms with Gasteiger partial charge in [-0.05, 0) is 26.0 Å². The molecule has 1 aliphatic heterocycles. The Morgan fingerprint density at radius 3 is 2.74 bits per heavy atom. The molecule has 8 nitrogen and oxygen atoms in total. The van der Waals surface area contributed by atoms with E-state index < -0.39 is 23.4 Å². The lowest BCUT2D eigenvalue weighted by atomic mass is 9.92. The minimum Gasteiger partial charge on any atom is -0.456 e. The molecule has 2 heterocycles. The van der Waals surface area contributed by atoms with Crippen LogP contribution in [0.25, 0.3) is 10.9 Å². The van der Waals surface area contributed by atoms with Gasteiger partial charge in [0, 0.05) is 24.1 Å². The van der Waals surface area contributed by atoms with Crippen LogP contribution in [0.2, 0.25) is 0 Å². The summed E-state index contributed by atoms with van der Waals surface area (Å²) in [5, 5.41) is 3.12. The molecular weight excluding hydrogens is 352 g/mol. The average Bonchev–Trinajstić information content (AvgIpc) is 2.86. The van der Waals surface area contributed by atoms with E-state index in [0.29, 0.717) is 5.56 Å². The third kappa shape index (κ3) is 3.46. The number of fused-ring (bicyclic) bond motifs is 1. The van der Waals surface area contributed by atoms with Crippen molar-refractivity contribution in [2.24, 2.45) is 0 Å². The Balaban J connectivity index is 1.99. The molecular formula is C19H18N2O6. The Hall–Kier alpha value is -3.42. The average molecular weight is 370 g/mol. The van der Waals surface area contributed by atoms with Gasteiger partial charge < -0.3 is 14.2 Å². The van der Waals surface area contributed by atoms with Gasteiger partial charge in [-0.3, -0.25) is 19.9 Å². The quantitative estimate of drug-likeness (QED) is 0.825. The summed E-state index contributed by atoms with van der Waals surface area (Å²) in [5.74, 6) is -1.98. The Kier molecular flexibility index (Phi) is 4.81. The van der Waals surface area contributed by atoms with Crippen molar-refractivity contribution in [3.63, 3.8) is 0 Å². The van der Waals surface area contributed by atoms with Crippen molar-refractivity contribution in [3.05, 3.63) is 53.7 Å². The van der Waals surface area contributed by atoms with Gasteiger partial charge >= 0.3 is 12.1 Å². The standard InChI is InChI=1S/C19H18N2O6/c1-4-25-18(24)21-17-15(26-11(2)22)16(23)19(3,27-17)13-9-12-7-5-6-8-14(12)20-10-13/h5-10H,4H2,1-3H3,(H,21,24). The maximum atomic E-state index is 13.0. The van der Waals surface area contributed by atoms with Gasteiger partial charge in [0.25, 0.3) is 5.78 Å². The maximum Gasteiger partial charge on any atom is 0.414 e. The summed E-state index contributed by atoms with van der Waals surface area (Å²) in [6.07, 6.45) is 0.685. The number of amides is 1. The second kappa shape index (κ2) is 7.06. The maximum absolute atomic E-state index is 13.0. The molecule has 2 aromatic rings. The number of alkyl carbamates (subject to hydrolysis) is 1. The summed E-state index contributed by atoms with van der Waals surface area (Å²) < 4.78 is 15.5. The van der Waals surface area contributed by atoms with Crippen LogP contribution in [0.4, 0.5) is 4.79 Å². The van der Waals surface area contributed by atoms with Crippen LogP contribution < -0.4 is 5.32 Å². The number of nitrogens with zero attached hydrogens (tertiary/aromatic N) is 1. The van der Waals surface area contributed by atoms with Crippen LogP contribution in [0, 0.1) is 0 Å². The largest absolute Gasteiger partial charge is 0.456 e. The predicted molar refractivity (Wildman–Crippen MR) is 94.1 cm³/mol. The molecule has 1 unspecified atom stereocenters. The molecule has 1 N–H and O–H groups in total. The van der Waals surface area contributed by atoms with Crippen molar-refractivity contribution < 1.29 is 28.6 Å². The number of carbonyl (C=O) groups is 3. The molecule has 0 radical (unpaired) electrons. The number of nitrogens with one attached hydrogen (secondary N) is 1. The Morgan fingerprint density at radius 2 is 2.04 bits per heavy atom. The van der Waals surface area contributed by atoms with Crippen LogP contribution in [0.1, 0.15) is 26.3 Å². The number of ketones is 1. The molecule has 1 aromatic carbocycles. The van der Waals surface area contributed by atoms with Gasteiger partial charge in [0.2, 0.25) is 17.2 Å². The van der Waals surface area contributed by atoms with Crippen molar-refractivity contribution in [1.82, 2.24) is 10.3 Å². The van der Waals surface area contributed by atoms with Crippen LogP contribution in [-0.2, 0) is 29.4 Å². The van der Waals surface area contributed by atoms with Crippen molar-refractivity contribution in [2.75, 3.05) is 6.61 Å². The number of hydrogen-bond acceptors (Lipinski definition) is 7. The van der Waals surface area contributed by atoms with Gasteiger partial charge in [0.05, 0.1) is 12.1 Å². The fourth-order valence-corrected chi connectivity index (χ4v) is 2.72. The van der Waals surface area contributed by atoms with Crippen LogP contribution in [-0.4, -0.2) is 29.4 Å². The highest BCUT2D eigenvalue weighted by Crippen LogP contribution is 2.39. The molecule has 1 aromatic heterocycles. The SMILES string of the molecule is CCOC(=O)NC1=C(OC(C)=O)C(=O)C(C)(c2cnc3ccccc3c2)O1. The minimum atomic E-state index is -1.52. The van der Waals surface area contributed by atoms with Gasteiger partial charge in [0.15, 0.2) is 0 Å². The number of pyridine rings is 1. The van der Waals surface area contributed by atoms with Gasteiger partial charge in [-0.1, -0.05) is 18.2 Å². The van der Waals surface area contributed by atoms with Crippen LogP contribution in [0.3, 0.4) is 0 Å². The van der Waals surface area contributed by atoms with Crippen molar-refractivity contribution in [3.8, 4) is 0 Å². The number of benzene rings is 1. The highest BCUT2D eigenvalue weighted by atomic mass is 16.6. The highest BCUT2D eigenvalue weighted by molar-refractivity contribution is 6.05. The van der Waals surface area contributed by atoms with E-state index in [-0.39, 0.29) is 18.2 Å². The molecule has 1 amide bonds. The van der Waals surface area contributed by atoms with E-state index in [0.717, 1.165) is 17.8 Å². The van der Waals surface area contributed by atoms with Gasteiger partial charge in [-0.25, -0.2) is 4.79 Å². The summed E-state index contributed by atoms with van der Waals surface area (Å²) in [6, 6.07) is 9.17. The molecule has 0 bridgehead atoms. The molecule has 0 fully saturated rings. The van der Waals surface area contributed by atoms with Crippen LogP contribution in [0.5, 0.6) is 0 Å². The van der Waals surface area contributed by atoms with Crippen LogP contribution in [0.15, 0.2) is 48.2 Å². The molecule has 0 saturated carbocycles. The van der Waals surface area contributed by atoms with E-state index in [1.807, 2.05) is 24.3 Å². The minimum absolute atomic E-state index is 0.127. The summed E-state index contributed by atoms with van der Waals surface area (Å²) in [5.41, 5.74) is -0.304. The summed E-state index contributed by atoms with van der Waals surface area (Å²) in [6.45, 7) is 4.42. The molecule has 1 atom stereocenters. The van der Waals surface area contributed by atoms with Crippen LogP contribution >= 0.6 is 0 Å². The van der Waals surface area contributed by atoms with E-state index >= 15 is 0 Å². The second-order valence-electron chi connectivity index (χ2n) is 5.98. The molecule has 0 aliphatic carbocycles. The highest BCUT2D eigenvalue weighted by Gasteiger charge is 2.50. The van der Waals surface area contributed by atoms with Gasteiger partial charge in [0.1, 0.15) is 0 Å². The number of rotatable bonds is 4. The zero-order valence-corrected chi connectivity index (χ0v) is 15.1. The normalized spacial score (nSPS) is 19.0. The van der Waals surface area contributed by atoms with E-state index in [1.165, 1.54) is 13.1 Å². The van der Waals surface area contributed by atoms with Crippen molar-refractivity contribution in [1.29, 1.82) is 0 Å². The number of aromatic nitrogens is 1. The molecule has 140 valence electrons. The molecule has 1 aliphatic rings. The molecule has 3 rings (SSSR count). The number of hydrogen-bond donors (Lipinski definition) is 1. The Labute approximate surface area is 155 Å². The first-order chi connectivity index (χ1) is 12.8. The first-order valence-electron chi connectivity index (χ1n) is 8.30. The first-order valence-corrected chi connectivity index (χ1v) is 8.30. The lowest BCUT2D eigenvalue weighted by molar-refractivity contribution is -0.142. The monoisotopic (exact) mass is 370 g/mol. The fourth-order valence-electron chi connectivity index (χ4n) is 2.72. The third-order valence-corrected chi connectivity index (χ3v) is 4.03. The van der Waals surface area contributed by atoms with E-state index in [4.69, 9.17) is 14.2 Å². The number of carbonyl (C=O) groups excluding carboxylic acids is 3. The van der Waals surface area contributed by atoms with Gasteiger partial charge in [-0.2, -0.15) is 0 Å². The van der Waals surface area contributed by atoms with Crippen molar-refractivity contribution >= 4 is 28.7 Å². The van der Waals surface area contributed by atoms with Crippen molar-refractivity contribution in [2.45, 2.75) is 26.4 Å². The number of ether oxygens (including phenoxy) is 3. The zero-order chi connectivity index (χ0) is 19.6. The molecule has 0 saturated heterocycles. The number of Topliss-reactive ketones (excluding diaryl/α,β-unsaturated/α-hetero) is 1. The molecule has 0 spiro atoms. The van der Waals surface area contributed by atoms with E-state index in [2.05, 4.69) is 10.3 Å². The van der Waals surface area contributed by atoms with Gasteiger partial charge in [-0.15, -0.1) is 0 Å². The second-order valence-corrected chi connectivity index (χ2v) is 5.98. The Bertz CT molecular complexity index is 968. The van der Waals surface area contributed by atoms with E-state index in [9.17, 15) is 14.4 Å². The topological polar surface area (TPSA) is 104 Å². The third-order valence-electron chi connectivity index (χ3n) is 4.03. The summed E-state index contributed by atoms with van der Waals surface area (Å²) in [4.78, 5) is 40.5. The molecule has 8 heteroatoms. The summed E-state index contributed by atoms with van der Waals surface area (Å²) >= 11 is 0. The number of esters is 1. The van der Waals surface area contributed by atoms with E-state index in [1.54, 1.807) is 13.0 Å². The smallest absolute Gasteiger partial charge is 0.414 e. The first kappa shape index (κ1) is 18.4. The Morgan fingerprint density at radius 1 is 1.30 bits per heavy atom. The zero-order valence-electron chi connectivity index (χ0n) is 15.1. The predicted octanol–water partition coefficient (Wildman–Crippen LogP) is 2.53. The lowest BCUT2D eigenvalue weighted by Gasteiger charge is -2.23. The molecule has 27 heavy (non-hydrogen) atoms. The summed E-state index contributed by atoms with van der Waals surface area (Å²) in [7, 11) is 0. The number of para-hydroxylation sites is 1. The lowest BCUT2D eigenvalue weighted by Crippen LogP contribution is -2.32.